The number of nitro benzene ring substituents is 1. The average molecular weight is 267 g/mol. The predicted molar refractivity (Wildman–Crippen MR) is 65.2 cm³/mol. The van der Waals surface area contributed by atoms with Crippen molar-refractivity contribution in [1.82, 2.24) is 0 Å². The molecular formula is C11H9NO5S. The minimum absolute atomic E-state index is 0.145. The van der Waals surface area contributed by atoms with Crippen LogP contribution in [0.2, 0.25) is 0 Å². The molecule has 0 aliphatic carbocycles. The van der Waals surface area contributed by atoms with E-state index in [-0.39, 0.29) is 21.4 Å². The first-order valence-electron chi connectivity index (χ1n) is 4.96. The lowest BCUT2D eigenvalue weighted by Gasteiger charge is -2.06. The first kappa shape index (κ1) is 12.5. The number of nitro groups is 1. The molecule has 0 aliphatic rings. The fourth-order valence-corrected chi connectivity index (χ4v) is 2.61. The summed E-state index contributed by atoms with van der Waals surface area (Å²) in [5.74, 6) is 0. The van der Waals surface area contributed by atoms with Gasteiger partial charge in [-0.15, -0.1) is 0 Å². The van der Waals surface area contributed by atoms with E-state index in [0.29, 0.717) is 5.56 Å². The van der Waals surface area contributed by atoms with Crippen LogP contribution in [-0.2, 0) is 10.1 Å². The molecule has 2 aromatic rings. The highest BCUT2D eigenvalue weighted by atomic mass is 32.2. The predicted octanol–water partition coefficient (Wildman–Crippen LogP) is 2.30. The van der Waals surface area contributed by atoms with Crippen LogP contribution in [0.3, 0.4) is 0 Å². The second-order valence-corrected chi connectivity index (χ2v) is 5.20. The van der Waals surface area contributed by atoms with Gasteiger partial charge in [-0.25, -0.2) is 0 Å². The summed E-state index contributed by atoms with van der Waals surface area (Å²) < 4.78 is 31.6. The zero-order valence-electron chi connectivity index (χ0n) is 9.32. The summed E-state index contributed by atoms with van der Waals surface area (Å²) in [6.07, 6.45) is 0. The van der Waals surface area contributed by atoms with Gasteiger partial charge in [0.05, 0.1) is 10.3 Å². The van der Waals surface area contributed by atoms with Crippen LogP contribution in [0.4, 0.5) is 5.69 Å². The third-order valence-electron chi connectivity index (χ3n) is 2.66. The molecule has 0 aromatic heterocycles. The highest BCUT2D eigenvalue weighted by molar-refractivity contribution is 7.86. The van der Waals surface area contributed by atoms with E-state index in [0.717, 1.165) is 12.1 Å². The Hall–Kier alpha value is -1.99. The van der Waals surface area contributed by atoms with E-state index in [1.807, 2.05) is 0 Å². The van der Waals surface area contributed by atoms with Crippen LogP contribution < -0.4 is 0 Å². The van der Waals surface area contributed by atoms with E-state index in [1.54, 1.807) is 19.1 Å². The molecule has 2 rings (SSSR count). The molecule has 0 bridgehead atoms. The quantitative estimate of drug-likeness (QED) is 0.511. The third kappa shape index (κ3) is 1.93. The van der Waals surface area contributed by atoms with Crippen molar-refractivity contribution >= 4 is 26.6 Å². The standard InChI is InChI=1S/C11H9NO5S/c1-7-3-2-4-8-10(18(15,16)17)6-5-9(11(7)8)12(13)14/h2-6H,1H3,(H,15,16,17). The van der Waals surface area contributed by atoms with E-state index in [9.17, 15) is 18.5 Å². The molecule has 0 fully saturated rings. The molecule has 0 saturated carbocycles. The Balaban J connectivity index is 3.03. The van der Waals surface area contributed by atoms with E-state index in [2.05, 4.69) is 0 Å². The molecule has 18 heavy (non-hydrogen) atoms. The van der Waals surface area contributed by atoms with Crippen LogP contribution in [0.1, 0.15) is 5.56 Å². The first-order chi connectivity index (χ1) is 8.32. The maximum Gasteiger partial charge on any atom is 0.295 e. The van der Waals surface area contributed by atoms with Gasteiger partial charge in [0.15, 0.2) is 0 Å². The number of rotatable bonds is 2. The minimum atomic E-state index is -4.41. The molecule has 0 saturated heterocycles. The third-order valence-corrected chi connectivity index (χ3v) is 3.57. The Morgan fingerprint density at radius 3 is 2.44 bits per heavy atom. The summed E-state index contributed by atoms with van der Waals surface area (Å²) >= 11 is 0. The van der Waals surface area contributed by atoms with Crippen molar-refractivity contribution < 1.29 is 17.9 Å². The van der Waals surface area contributed by atoms with Crippen molar-refractivity contribution in [3.05, 3.63) is 46.0 Å². The minimum Gasteiger partial charge on any atom is -0.282 e. The maximum atomic E-state index is 11.2. The molecule has 0 heterocycles. The summed E-state index contributed by atoms with van der Waals surface area (Å²) in [6.45, 7) is 1.64. The molecule has 7 heteroatoms. The lowest BCUT2D eigenvalue weighted by Crippen LogP contribution is -2.01. The zero-order chi connectivity index (χ0) is 13.5. The summed E-state index contributed by atoms with van der Waals surface area (Å²) in [5, 5.41) is 11.3. The second-order valence-electron chi connectivity index (χ2n) is 3.81. The van der Waals surface area contributed by atoms with Crippen LogP contribution in [-0.4, -0.2) is 17.9 Å². The Labute approximate surface area is 103 Å². The van der Waals surface area contributed by atoms with Gasteiger partial charge < -0.3 is 0 Å². The van der Waals surface area contributed by atoms with Gasteiger partial charge in [0, 0.05) is 11.5 Å². The van der Waals surface area contributed by atoms with Crippen LogP contribution in [0.5, 0.6) is 0 Å². The fraction of sp³-hybridized carbons (Fsp3) is 0.0909. The van der Waals surface area contributed by atoms with Gasteiger partial charge in [-0.05, 0) is 18.6 Å². The molecule has 0 radical (unpaired) electrons. The Kier molecular flexibility index (Phi) is 2.80. The molecule has 0 aliphatic heterocycles. The molecule has 0 spiro atoms. The largest absolute Gasteiger partial charge is 0.295 e. The summed E-state index contributed by atoms with van der Waals surface area (Å²) in [5.41, 5.74) is 0.389. The van der Waals surface area contributed by atoms with Crippen molar-refractivity contribution in [2.45, 2.75) is 11.8 Å². The lowest BCUT2D eigenvalue weighted by atomic mass is 10.0. The maximum absolute atomic E-state index is 11.2. The highest BCUT2D eigenvalue weighted by Gasteiger charge is 2.21. The first-order valence-corrected chi connectivity index (χ1v) is 6.40. The lowest BCUT2D eigenvalue weighted by molar-refractivity contribution is -0.383. The number of nitrogens with zero attached hydrogens (tertiary/aromatic N) is 1. The monoisotopic (exact) mass is 267 g/mol. The molecule has 6 nitrogen and oxygen atoms in total. The van der Waals surface area contributed by atoms with Crippen molar-refractivity contribution in [2.24, 2.45) is 0 Å². The zero-order valence-corrected chi connectivity index (χ0v) is 10.1. The van der Waals surface area contributed by atoms with Gasteiger partial charge in [-0.1, -0.05) is 18.2 Å². The van der Waals surface area contributed by atoms with Crippen molar-refractivity contribution in [1.29, 1.82) is 0 Å². The molecule has 2 aromatic carbocycles. The number of hydrogen-bond donors (Lipinski definition) is 1. The topological polar surface area (TPSA) is 97.5 Å². The van der Waals surface area contributed by atoms with Gasteiger partial charge in [-0.2, -0.15) is 8.42 Å². The average Bonchev–Trinajstić information content (AvgIpc) is 2.26. The van der Waals surface area contributed by atoms with Gasteiger partial charge in [0.2, 0.25) is 0 Å². The van der Waals surface area contributed by atoms with Crippen LogP contribution >= 0.6 is 0 Å². The van der Waals surface area contributed by atoms with Crippen LogP contribution in [0, 0.1) is 17.0 Å². The molecule has 0 atom stereocenters. The number of aryl methyl sites for hydroxylation is 1. The number of fused-ring (bicyclic) bond motifs is 1. The molecule has 1 N–H and O–H groups in total. The van der Waals surface area contributed by atoms with Crippen molar-refractivity contribution in [2.75, 3.05) is 0 Å². The van der Waals surface area contributed by atoms with Crippen molar-refractivity contribution in [3.8, 4) is 0 Å². The van der Waals surface area contributed by atoms with Crippen molar-refractivity contribution in [3.63, 3.8) is 0 Å². The van der Waals surface area contributed by atoms with Gasteiger partial charge in [0.25, 0.3) is 15.8 Å². The van der Waals surface area contributed by atoms with Crippen LogP contribution in [0.15, 0.2) is 35.2 Å². The fourth-order valence-electron chi connectivity index (χ4n) is 1.92. The van der Waals surface area contributed by atoms with Crippen LogP contribution in [0.25, 0.3) is 10.8 Å². The van der Waals surface area contributed by atoms with Gasteiger partial charge >= 0.3 is 0 Å². The smallest absolute Gasteiger partial charge is 0.282 e. The Bertz CT molecular complexity index is 751. The number of non-ortho nitro benzene ring substituents is 1. The molecule has 0 unspecified atom stereocenters. The SMILES string of the molecule is Cc1cccc2c(S(=O)(=O)O)ccc([N+](=O)[O-])c12. The van der Waals surface area contributed by atoms with E-state index < -0.39 is 15.0 Å². The normalized spacial score (nSPS) is 11.7. The molecular weight excluding hydrogens is 258 g/mol. The summed E-state index contributed by atoms with van der Waals surface area (Å²) in [7, 11) is -4.41. The van der Waals surface area contributed by atoms with E-state index in [1.165, 1.54) is 6.07 Å². The Morgan fingerprint density at radius 2 is 1.89 bits per heavy atom. The second kappa shape index (κ2) is 4.04. The van der Waals surface area contributed by atoms with E-state index >= 15 is 0 Å². The van der Waals surface area contributed by atoms with E-state index in [4.69, 9.17) is 4.55 Å². The summed E-state index contributed by atoms with van der Waals surface area (Å²) in [4.78, 5) is 10.0. The molecule has 0 amide bonds. The number of benzene rings is 2. The van der Waals surface area contributed by atoms with Gasteiger partial charge in [0.1, 0.15) is 4.90 Å². The molecule has 94 valence electrons. The van der Waals surface area contributed by atoms with Gasteiger partial charge in [-0.3, -0.25) is 14.7 Å². The number of hydrogen-bond acceptors (Lipinski definition) is 4. The summed E-state index contributed by atoms with van der Waals surface area (Å²) in [6, 6.07) is 6.77. The Morgan fingerprint density at radius 1 is 1.22 bits per heavy atom. The highest BCUT2D eigenvalue weighted by Crippen LogP contribution is 2.32.